The van der Waals surface area contributed by atoms with Gasteiger partial charge in [0.2, 0.25) is 23.6 Å². The average molecular weight is 1410 g/mol. The summed E-state index contributed by atoms with van der Waals surface area (Å²) in [5.74, 6) is -3.41. The number of nitrogens with one attached hydrogen (secondary N) is 5. The molecule has 4 aromatic heterocycles. The number of amides is 4. The molecular weight excluding hydrogens is 1330 g/mol. The topological polar surface area (TPSA) is 324 Å². The highest BCUT2D eigenvalue weighted by Crippen LogP contribution is 2.58. The molecule has 4 aliphatic rings. The molecule has 5 heterocycles. The van der Waals surface area contributed by atoms with Gasteiger partial charge in [-0.2, -0.15) is 0 Å². The minimum absolute atomic E-state index is 0.0842. The molecule has 536 valence electrons. The Bertz CT molecular complexity index is 4840. The van der Waals surface area contributed by atoms with E-state index in [4.69, 9.17) is 39.1 Å². The smallest absolute Gasteiger partial charge is 0.312 e. The Balaban J connectivity index is 0.000000147. The van der Waals surface area contributed by atoms with E-state index in [-0.39, 0.29) is 31.1 Å². The molecule has 6 aromatic carbocycles. The van der Waals surface area contributed by atoms with Gasteiger partial charge in [-0.3, -0.25) is 59.3 Å². The first-order valence-electron chi connectivity index (χ1n) is 34.0. The van der Waals surface area contributed by atoms with Gasteiger partial charge in [-0.1, -0.05) is 84.9 Å². The van der Waals surface area contributed by atoms with E-state index in [2.05, 4.69) is 30.5 Å². The van der Waals surface area contributed by atoms with Gasteiger partial charge in [-0.05, 0) is 153 Å². The molecule has 4 amide bonds. The first-order chi connectivity index (χ1) is 50.4. The molecule has 6 atom stereocenters. The molecule has 10 aromatic rings. The van der Waals surface area contributed by atoms with Gasteiger partial charge < -0.3 is 39.2 Å². The molecule has 1 aliphatic heterocycles. The number of esters is 2. The van der Waals surface area contributed by atoms with Gasteiger partial charge >= 0.3 is 11.9 Å². The molecule has 3 saturated carbocycles. The van der Waals surface area contributed by atoms with Crippen molar-refractivity contribution in [2.24, 2.45) is 28.6 Å². The summed E-state index contributed by atoms with van der Waals surface area (Å²) in [6.45, 7) is 8.61. The van der Waals surface area contributed by atoms with Gasteiger partial charge in [-0.15, -0.1) is 0 Å². The molecule has 0 radical (unpaired) electrons. The van der Waals surface area contributed by atoms with E-state index in [1.54, 1.807) is 41.0 Å². The van der Waals surface area contributed by atoms with Crippen LogP contribution in [0.15, 0.2) is 182 Å². The van der Waals surface area contributed by atoms with Gasteiger partial charge in [0, 0.05) is 89.4 Å². The summed E-state index contributed by atoms with van der Waals surface area (Å²) in [6.07, 6.45) is 4.63. The number of fused-ring (bicyclic) bond motifs is 3. The largest absolute Gasteiger partial charge is 0.489 e. The first-order valence-corrected chi connectivity index (χ1v) is 34.0. The number of hydrogen-bond acceptors (Lipinski definition) is 20. The Morgan fingerprint density at radius 3 is 1.58 bits per heavy atom. The molecule has 1 saturated heterocycles. The highest BCUT2D eigenvalue weighted by atomic mass is 19.1. The maximum atomic E-state index is 15.0. The highest BCUT2D eigenvalue weighted by molar-refractivity contribution is 6.01. The molecule has 4 fully saturated rings. The van der Waals surface area contributed by atoms with Crippen molar-refractivity contribution in [3.8, 4) is 17.2 Å². The summed E-state index contributed by atoms with van der Waals surface area (Å²) in [6, 6.07) is 52.6. The number of pyridine rings is 4. The summed E-state index contributed by atoms with van der Waals surface area (Å²) >= 11 is 0. The Hall–Kier alpha value is -11.5. The Morgan fingerprint density at radius 1 is 0.529 bits per heavy atom. The maximum absolute atomic E-state index is 15.0. The lowest BCUT2D eigenvalue weighted by Crippen LogP contribution is -2.43. The standard InChI is InChI=1S/C28H26N4O4.C27H29FN4O5.C24H24N2O5/c1-18-13-20(23-7-2-3-8-25(23)31-18)17-36-22-6-4-5-21(14-22)28(15-24(28)26(33)32-35)27(34)30-16-19-9-11-29-12-10-19;1-36-26(34)27(15-20(27)25(33)31-35)14-17-6-7-23(21(28)12-17)37-16-18-13-24(32-10-8-29-9-11-32)30-22-5-3-2-4-19(18)22;1-15-11-17(19-5-3-4-6-21(19)25-15)14-31-18-9-7-16(8-10-18)12-24(23(28)30-2)13-20(24)22(27)26-29/h2-14,24,35H,15-17H2,1H3,(H,30,34)(H,32,33);2-7,12-13,20,29,35H,8-11,14-16H2,1H3,(H,31,33);3-11,20,29H,12-14H2,1-2H3,(H,26,27)/t24-,28-;20-,27+;20-,24+/m011/s1. The van der Waals surface area contributed by atoms with Gasteiger partial charge in [0.1, 0.15) is 37.1 Å². The van der Waals surface area contributed by atoms with Crippen LogP contribution in [0.3, 0.4) is 0 Å². The van der Waals surface area contributed by atoms with Crippen LogP contribution in [-0.2, 0) is 82.9 Å². The van der Waals surface area contributed by atoms with Gasteiger partial charge in [0.05, 0.1) is 64.8 Å². The number of ether oxygens (including phenoxy) is 5. The number of benzene rings is 6. The normalized spacial score (nSPS) is 19.7. The average Bonchev–Trinajstić information content (AvgIpc) is 1.54. The van der Waals surface area contributed by atoms with Crippen molar-refractivity contribution >= 4 is 74.1 Å². The van der Waals surface area contributed by atoms with Crippen LogP contribution in [0.4, 0.5) is 10.2 Å². The second kappa shape index (κ2) is 31.8. The monoisotopic (exact) mass is 1410 g/mol. The molecule has 0 unspecified atom stereocenters. The number of anilines is 1. The van der Waals surface area contributed by atoms with E-state index >= 15 is 4.39 Å². The summed E-state index contributed by atoms with van der Waals surface area (Å²) in [7, 11) is 2.54. The fraction of sp³-hybridized carbons (Fsp3) is 0.291. The van der Waals surface area contributed by atoms with Crippen LogP contribution >= 0.6 is 0 Å². The lowest BCUT2D eigenvalue weighted by atomic mass is 9.91. The lowest BCUT2D eigenvalue weighted by molar-refractivity contribution is -0.150. The molecule has 0 bridgehead atoms. The molecule has 104 heavy (non-hydrogen) atoms. The van der Waals surface area contributed by atoms with Crippen LogP contribution < -0.4 is 46.2 Å². The number of hydroxylamine groups is 3. The van der Waals surface area contributed by atoms with Crippen LogP contribution in [-0.4, -0.2) is 112 Å². The molecule has 14 rings (SSSR count). The Kier molecular flexibility index (Phi) is 22.1. The summed E-state index contributed by atoms with van der Waals surface area (Å²) in [5.41, 5.74) is 12.3. The number of aromatic nitrogens is 4. The van der Waals surface area contributed by atoms with E-state index in [1.165, 1.54) is 26.4 Å². The van der Waals surface area contributed by atoms with Crippen LogP contribution in [0.5, 0.6) is 17.2 Å². The maximum Gasteiger partial charge on any atom is 0.312 e. The minimum atomic E-state index is -1.12. The third-order valence-electron chi connectivity index (χ3n) is 19.8. The molecule has 24 nitrogen and oxygen atoms in total. The zero-order valence-corrected chi connectivity index (χ0v) is 57.7. The number of para-hydroxylation sites is 3. The van der Waals surface area contributed by atoms with Gasteiger partial charge in [-0.25, -0.2) is 25.8 Å². The van der Waals surface area contributed by atoms with Crippen molar-refractivity contribution in [3.63, 3.8) is 0 Å². The van der Waals surface area contributed by atoms with E-state index in [9.17, 15) is 34.0 Å². The second-order valence-electron chi connectivity index (χ2n) is 26.4. The van der Waals surface area contributed by atoms with Crippen molar-refractivity contribution in [2.75, 3.05) is 45.3 Å². The van der Waals surface area contributed by atoms with Crippen LogP contribution in [0, 0.1) is 48.2 Å². The predicted molar refractivity (Wildman–Crippen MR) is 380 cm³/mol. The molecular formula is C79H79FN10O14. The van der Waals surface area contributed by atoms with Crippen molar-refractivity contribution in [2.45, 2.75) is 77.7 Å². The zero-order chi connectivity index (χ0) is 73.1. The van der Waals surface area contributed by atoms with Crippen LogP contribution in [0.2, 0.25) is 0 Å². The third kappa shape index (κ3) is 15.9. The number of hydrogen-bond donors (Lipinski definition) is 8. The number of halogens is 1. The fourth-order valence-electron chi connectivity index (χ4n) is 14.0. The second-order valence-corrected chi connectivity index (χ2v) is 26.4. The van der Waals surface area contributed by atoms with Crippen molar-refractivity contribution in [3.05, 3.63) is 238 Å². The van der Waals surface area contributed by atoms with Crippen molar-refractivity contribution in [1.82, 2.24) is 47.0 Å². The predicted octanol–water partition coefficient (Wildman–Crippen LogP) is 9.54. The Morgan fingerprint density at radius 2 is 1.03 bits per heavy atom. The van der Waals surface area contributed by atoms with E-state index in [0.717, 1.165) is 104 Å². The fourth-order valence-corrected chi connectivity index (χ4v) is 14.0. The number of piperazine rings is 1. The number of carbonyl (C=O) groups is 6. The van der Waals surface area contributed by atoms with Gasteiger partial charge in [0.15, 0.2) is 11.6 Å². The van der Waals surface area contributed by atoms with Crippen molar-refractivity contribution < 1.29 is 72.5 Å². The molecule has 3 aliphatic carbocycles. The first kappa shape index (κ1) is 72.3. The number of methoxy groups -OCH3 is 2. The molecule has 25 heteroatoms. The summed E-state index contributed by atoms with van der Waals surface area (Å²) < 4.78 is 42.8. The van der Waals surface area contributed by atoms with Crippen LogP contribution in [0.25, 0.3) is 32.7 Å². The minimum Gasteiger partial charge on any atom is -0.489 e. The van der Waals surface area contributed by atoms with E-state index in [0.29, 0.717) is 61.6 Å². The van der Waals surface area contributed by atoms with E-state index < -0.39 is 69.5 Å². The van der Waals surface area contributed by atoms with E-state index in [1.807, 2.05) is 159 Å². The third-order valence-corrected chi connectivity index (χ3v) is 19.8. The zero-order valence-electron chi connectivity index (χ0n) is 57.7. The van der Waals surface area contributed by atoms with Gasteiger partial charge in [0.25, 0.3) is 0 Å². The van der Waals surface area contributed by atoms with Crippen LogP contribution in [0.1, 0.15) is 69.6 Å². The number of aryl methyl sites for hydroxylation is 2. The summed E-state index contributed by atoms with van der Waals surface area (Å²) in [4.78, 5) is 94.2. The molecule has 8 N–H and O–H groups in total. The quantitative estimate of drug-likeness (QED) is 0.0168. The SMILES string of the molecule is COC(=O)[C@@]1(Cc2ccc(OCc3cc(C)nc4ccccc34)cc2)C[C@@H]1C(=O)NO.COC(=O)[C@@]1(Cc2ccc(OCc3cc(N4CCNCC4)nc4ccccc34)c(F)c2)C[C@@H]1C(=O)NO.Cc1cc(COc2cccc([C@@]3(C(=O)NCc4ccncc4)C[C@H]3C(=O)NO)c2)c2ccccc2n1. The molecule has 0 spiro atoms. The number of carbonyl (C=O) groups excluding carboxylic acids is 6. The number of nitrogens with zero attached hydrogens (tertiary/aromatic N) is 5. The Labute approximate surface area is 598 Å². The highest BCUT2D eigenvalue weighted by Gasteiger charge is 2.66. The van der Waals surface area contributed by atoms with Crippen molar-refractivity contribution in [1.29, 1.82) is 0 Å². The summed E-state index contributed by atoms with van der Waals surface area (Å²) in [5, 5.41) is 36.4. The lowest BCUT2D eigenvalue weighted by Gasteiger charge is -2.29. The number of rotatable bonds is 23.